The van der Waals surface area contributed by atoms with Gasteiger partial charge in [-0.3, -0.25) is 4.79 Å². The van der Waals surface area contributed by atoms with Crippen LogP contribution in [0.5, 0.6) is 11.5 Å². The first-order valence-electron chi connectivity index (χ1n) is 8.75. The minimum absolute atomic E-state index is 0.205. The van der Waals surface area contributed by atoms with Gasteiger partial charge < -0.3 is 24.0 Å². The number of carbonyl (C=O) groups is 2. The molecule has 0 heterocycles. The molecule has 150 valence electrons. The molecule has 0 aliphatic rings. The van der Waals surface area contributed by atoms with E-state index in [4.69, 9.17) is 14.2 Å². The molecule has 0 aromatic heterocycles. The Morgan fingerprint density at radius 2 is 1.61 bits per heavy atom. The van der Waals surface area contributed by atoms with Crippen molar-refractivity contribution in [2.75, 3.05) is 46.9 Å². The van der Waals surface area contributed by atoms with Gasteiger partial charge >= 0.3 is 5.97 Å². The van der Waals surface area contributed by atoms with E-state index in [1.54, 1.807) is 19.2 Å². The molecule has 0 aliphatic carbocycles. The van der Waals surface area contributed by atoms with Crippen molar-refractivity contribution in [1.82, 2.24) is 4.90 Å². The van der Waals surface area contributed by atoms with Crippen LogP contribution in [0.1, 0.15) is 15.9 Å². The summed E-state index contributed by atoms with van der Waals surface area (Å²) in [5.74, 6) is -0.0929. The maximum absolute atomic E-state index is 12.3. The predicted molar refractivity (Wildman–Crippen MR) is 107 cm³/mol. The highest BCUT2D eigenvalue weighted by molar-refractivity contribution is 5.94. The first kappa shape index (κ1) is 21.1. The highest BCUT2D eigenvalue weighted by Crippen LogP contribution is 2.24. The topological polar surface area (TPSA) is 68.3 Å². The Labute approximate surface area is 165 Å². The SMILES string of the molecule is COc1ccc(OC)c(C(=O)OCC(=O)N(C)Cc2ccc(N(C)C)cc2)c1. The summed E-state index contributed by atoms with van der Waals surface area (Å²) < 4.78 is 15.5. The quantitative estimate of drug-likeness (QED) is 0.650. The van der Waals surface area contributed by atoms with E-state index >= 15 is 0 Å². The van der Waals surface area contributed by atoms with Crippen molar-refractivity contribution in [3.05, 3.63) is 53.6 Å². The smallest absolute Gasteiger partial charge is 0.342 e. The average Bonchev–Trinajstić information content (AvgIpc) is 2.71. The molecular weight excluding hydrogens is 360 g/mol. The summed E-state index contributed by atoms with van der Waals surface area (Å²) in [4.78, 5) is 28.2. The minimum Gasteiger partial charge on any atom is -0.497 e. The van der Waals surface area contributed by atoms with Gasteiger partial charge in [0.25, 0.3) is 5.91 Å². The number of rotatable bonds is 8. The number of ether oxygens (including phenoxy) is 3. The van der Waals surface area contributed by atoms with Gasteiger partial charge in [0.2, 0.25) is 0 Å². The maximum Gasteiger partial charge on any atom is 0.342 e. The Kier molecular flexibility index (Phi) is 7.26. The molecule has 0 N–H and O–H groups in total. The molecule has 0 atom stereocenters. The summed E-state index contributed by atoms with van der Waals surface area (Å²) in [5.41, 5.74) is 2.28. The Balaban J connectivity index is 1.94. The summed E-state index contributed by atoms with van der Waals surface area (Å²) in [7, 11) is 8.56. The zero-order valence-electron chi connectivity index (χ0n) is 16.9. The summed E-state index contributed by atoms with van der Waals surface area (Å²) in [6.45, 7) is 0.0675. The second-order valence-corrected chi connectivity index (χ2v) is 6.45. The van der Waals surface area contributed by atoms with Gasteiger partial charge in [-0.1, -0.05) is 12.1 Å². The molecule has 2 aromatic rings. The molecule has 0 bridgehead atoms. The molecule has 0 saturated carbocycles. The minimum atomic E-state index is -0.646. The van der Waals surface area contributed by atoms with E-state index in [0.717, 1.165) is 11.3 Å². The van der Waals surface area contributed by atoms with Crippen LogP contribution < -0.4 is 14.4 Å². The Bertz CT molecular complexity index is 818. The number of carbonyl (C=O) groups excluding carboxylic acids is 2. The van der Waals surface area contributed by atoms with E-state index in [2.05, 4.69) is 0 Å². The monoisotopic (exact) mass is 386 g/mol. The average molecular weight is 386 g/mol. The van der Waals surface area contributed by atoms with Crippen LogP contribution in [0.15, 0.2) is 42.5 Å². The zero-order chi connectivity index (χ0) is 20.7. The summed E-state index contributed by atoms with van der Waals surface area (Å²) in [6.07, 6.45) is 0. The Morgan fingerprint density at radius 1 is 0.929 bits per heavy atom. The maximum atomic E-state index is 12.3. The van der Waals surface area contributed by atoms with Crippen LogP contribution in [0.2, 0.25) is 0 Å². The molecule has 7 heteroatoms. The van der Waals surface area contributed by atoms with Crippen LogP contribution in [0, 0.1) is 0 Å². The third-order valence-electron chi connectivity index (χ3n) is 4.25. The standard InChI is InChI=1S/C21H26N2O5/c1-22(2)16-8-6-15(7-9-16)13-23(3)20(24)14-28-21(25)18-12-17(26-4)10-11-19(18)27-5/h6-12H,13-14H2,1-5H3. The number of nitrogens with zero attached hydrogens (tertiary/aromatic N) is 2. The number of hydrogen-bond donors (Lipinski definition) is 0. The Hall–Kier alpha value is -3.22. The van der Waals surface area contributed by atoms with Gasteiger partial charge in [0, 0.05) is 33.4 Å². The normalized spacial score (nSPS) is 10.2. The summed E-state index contributed by atoms with van der Waals surface area (Å²) in [6, 6.07) is 12.7. The third kappa shape index (κ3) is 5.39. The fourth-order valence-corrected chi connectivity index (χ4v) is 2.55. The number of hydrogen-bond acceptors (Lipinski definition) is 6. The fraction of sp³-hybridized carbons (Fsp3) is 0.333. The van der Waals surface area contributed by atoms with Crippen LogP contribution in [0.4, 0.5) is 5.69 Å². The van der Waals surface area contributed by atoms with Crippen LogP contribution in [-0.2, 0) is 16.1 Å². The van der Waals surface area contributed by atoms with E-state index in [1.165, 1.54) is 25.2 Å². The summed E-state index contributed by atoms with van der Waals surface area (Å²) in [5, 5.41) is 0. The lowest BCUT2D eigenvalue weighted by Gasteiger charge is -2.18. The van der Waals surface area contributed by atoms with Crippen molar-refractivity contribution in [3.8, 4) is 11.5 Å². The van der Waals surface area contributed by atoms with Crippen molar-refractivity contribution in [2.24, 2.45) is 0 Å². The lowest BCUT2D eigenvalue weighted by molar-refractivity contribution is -0.133. The largest absolute Gasteiger partial charge is 0.497 e. The number of likely N-dealkylation sites (N-methyl/N-ethyl adjacent to an activating group) is 1. The number of benzene rings is 2. The number of methoxy groups -OCH3 is 2. The number of esters is 1. The molecule has 0 fully saturated rings. The highest BCUT2D eigenvalue weighted by Gasteiger charge is 2.18. The Morgan fingerprint density at radius 3 is 2.18 bits per heavy atom. The van der Waals surface area contributed by atoms with Crippen LogP contribution in [-0.4, -0.2) is 58.7 Å². The number of amides is 1. The van der Waals surface area contributed by atoms with Crippen LogP contribution in [0.3, 0.4) is 0 Å². The molecule has 0 saturated heterocycles. The van der Waals surface area contributed by atoms with Gasteiger partial charge in [0.05, 0.1) is 14.2 Å². The van der Waals surface area contributed by atoms with Crippen molar-refractivity contribution < 1.29 is 23.8 Å². The lowest BCUT2D eigenvalue weighted by Crippen LogP contribution is -2.30. The van der Waals surface area contributed by atoms with Crippen molar-refractivity contribution in [3.63, 3.8) is 0 Å². The van der Waals surface area contributed by atoms with Gasteiger partial charge in [0.15, 0.2) is 6.61 Å². The van der Waals surface area contributed by atoms with E-state index in [-0.39, 0.29) is 18.1 Å². The van der Waals surface area contributed by atoms with E-state index in [0.29, 0.717) is 18.0 Å². The van der Waals surface area contributed by atoms with Crippen LogP contribution >= 0.6 is 0 Å². The van der Waals surface area contributed by atoms with Gasteiger partial charge in [-0.2, -0.15) is 0 Å². The molecule has 28 heavy (non-hydrogen) atoms. The molecule has 2 aromatic carbocycles. The molecule has 0 unspecified atom stereocenters. The van der Waals surface area contributed by atoms with Crippen molar-refractivity contribution >= 4 is 17.6 Å². The lowest BCUT2D eigenvalue weighted by atomic mass is 10.2. The van der Waals surface area contributed by atoms with E-state index in [9.17, 15) is 9.59 Å². The van der Waals surface area contributed by atoms with Crippen molar-refractivity contribution in [1.29, 1.82) is 0 Å². The highest BCUT2D eigenvalue weighted by atomic mass is 16.5. The fourth-order valence-electron chi connectivity index (χ4n) is 2.55. The second-order valence-electron chi connectivity index (χ2n) is 6.45. The van der Waals surface area contributed by atoms with Gasteiger partial charge in [-0.25, -0.2) is 4.79 Å². The molecule has 0 radical (unpaired) electrons. The van der Waals surface area contributed by atoms with E-state index < -0.39 is 5.97 Å². The molecule has 2 rings (SSSR count). The number of anilines is 1. The summed E-state index contributed by atoms with van der Waals surface area (Å²) >= 11 is 0. The molecule has 0 aliphatic heterocycles. The van der Waals surface area contributed by atoms with E-state index in [1.807, 2.05) is 43.3 Å². The van der Waals surface area contributed by atoms with Crippen molar-refractivity contribution in [2.45, 2.75) is 6.54 Å². The molecular formula is C21H26N2O5. The first-order chi connectivity index (χ1) is 13.3. The van der Waals surface area contributed by atoms with Gasteiger partial charge in [-0.05, 0) is 35.9 Å². The van der Waals surface area contributed by atoms with Gasteiger partial charge in [0.1, 0.15) is 17.1 Å². The van der Waals surface area contributed by atoms with Gasteiger partial charge in [-0.15, -0.1) is 0 Å². The van der Waals surface area contributed by atoms with Crippen LogP contribution in [0.25, 0.3) is 0 Å². The molecule has 0 spiro atoms. The molecule has 1 amide bonds. The predicted octanol–water partition coefficient (Wildman–Crippen LogP) is 2.59. The molecule has 7 nitrogen and oxygen atoms in total. The third-order valence-corrected chi connectivity index (χ3v) is 4.25. The zero-order valence-corrected chi connectivity index (χ0v) is 16.9. The first-order valence-corrected chi connectivity index (χ1v) is 8.75. The second kappa shape index (κ2) is 9.64.